The van der Waals surface area contributed by atoms with Crippen molar-refractivity contribution in [3.8, 4) is 0 Å². The van der Waals surface area contributed by atoms with Crippen LogP contribution in [0, 0.1) is 0 Å². The maximum atomic E-state index is 6.42. The van der Waals surface area contributed by atoms with Gasteiger partial charge in [0, 0.05) is 32.8 Å². The second-order valence-electron chi connectivity index (χ2n) is 4.93. The third-order valence-electron chi connectivity index (χ3n) is 3.48. The molecule has 106 valence electrons. The summed E-state index contributed by atoms with van der Waals surface area (Å²) >= 11 is 6.42. The highest BCUT2D eigenvalue weighted by atomic mass is 35.5. The lowest BCUT2D eigenvalue weighted by Crippen LogP contribution is -2.28. The molecule has 0 spiro atoms. The van der Waals surface area contributed by atoms with Gasteiger partial charge in [0.25, 0.3) is 0 Å². The Bertz CT molecular complexity index is 407. The average molecular weight is 283 g/mol. The number of ether oxygens (including phenoxy) is 1. The number of methoxy groups -OCH3 is 1. The predicted molar refractivity (Wildman–Crippen MR) is 81.1 cm³/mol. The minimum atomic E-state index is 0.683. The monoisotopic (exact) mass is 282 g/mol. The lowest BCUT2D eigenvalue weighted by Gasteiger charge is -2.27. The van der Waals surface area contributed by atoms with Crippen molar-refractivity contribution >= 4 is 17.3 Å². The number of nitrogens with zero attached hydrogens (tertiary/aromatic N) is 1. The van der Waals surface area contributed by atoms with Crippen LogP contribution in [-0.2, 0) is 11.3 Å². The Hall–Kier alpha value is -0.770. The third-order valence-corrected chi connectivity index (χ3v) is 3.79. The maximum absolute atomic E-state index is 6.42. The summed E-state index contributed by atoms with van der Waals surface area (Å²) in [5.41, 5.74) is 2.48. The molecule has 0 bridgehead atoms. The Morgan fingerprint density at radius 2 is 2.21 bits per heavy atom. The molecule has 1 aromatic carbocycles. The van der Waals surface area contributed by atoms with E-state index < -0.39 is 0 Å². The molecule has 0 saturated heterocycles. The summed E-state index contributed by atoms with van der Waals surface area (Å²) in [4.78, 5) is 2.44. The molecule has 0 atom stereocenters. The number of nitrogens with one attached hydrogen (secondary N) is 1. The molecular weight excluding hydrogens is 260 g/mol. The zero-order valence-corrected chi connectivity index (χ0v) is 12.5. The van der Waals surface area contributed by atoms with Crippen LogP contribution in [0.25, 0.3) is 0 Å². The minimum Gasteiger partial charge on any atom is -0.383 e. The first-order valence-electron chi connectivity index (χ1n) is 7.01. The van der Waals surface area contributed by atoms with Crippen LogP contribution in [0.4, 0.5) is 5.69 Å². The van der Waals surface area contributed by atoms with Gasteiger partial charge in [-0.3, -0.25) is 0 Å². The summed E-state index contributed by atoms with van der Waals surface area (Å²) in [7, 11) is 1.72. The summed E-state index contributed by atoms with van der Waals surface area (Å²) in [6.07, 6.45) is 2.57. The summed E-state index contributed by atoms with van der Waals surface area (Å²) in [5, 5.41) is 4.26. The van der Waals surface area contributed by atoms with Crippen LogP contribution in [0.3, 0.4) is 0 Å². The van der Waals surface area contributed by atoms with Crippen LogP contribution in [0.2, 0.25) is 5.02 Å². The van der Waals surface area contributed by atoms with E-state index in [0.29, 0.717) is 6.04 Å². The second kappa shape index (κ2) is 7.13. The highest BCUT2D eigenvalue weighted by Gasteiger charge is 2.30. The van der Waals surface area contributed by atoms with Gasteiger partial charge < -0.3 is 15.0 Å². The number of hydrogen-bond donors (Lipinski definition) is 1. The lowest BCUT2D eigenvalue weighted by atomic mass is 10.1. The van der Waals surface area contributed by atoms with Crippen molar-refractivity contribution in [2.75, 3.05) is 31.7 Å². The van der Waals surface area contributed by atoms with Gasteiger partial charge in [0.2, 0.25) is 0 Å². The number of para-hydroxylation sites is 1. The van der Waals surface area contributed by atoms with Crippen LogP contribution in [0.15, 0.2) is 18.2 Å². The van der Waals surface area contributed by atoms with E-state index in [9.17, 15) is 0 Å². The van der Waals surface area contributed by atoms with Crippen molar-refractivity contribution in [3.63, 3.8) is 0 Å². The molecule has 0 heterocycles. The molecule has 0 aliphatic heterocycles. The van der Waals surface area contributed by atoms with E-state index in [1.807, 2.05) is 12.1 Å². The van der Waals surface area contributed by atoms with Crippen molar-refractivity contribution < 1.29 is 4.74 Å². The molecule has 0 unspecified atom stereocenters. The molecule has 0 amide bonds. The largest absolute Gasteiger partial charge is 0.383 e. The number of halogens is 1. The standard InChI is InChI=1S/C15H23ClN2O/c1-3-18(13-7-8-13)15-12(5-4-6-14(15)16)11-17-9-10-19-2/h4-6,13,17H,3,7-11H2,1-2H3. The van der Waals surface area contributed by atoms with E-state index in [2.05, 4.69) is 23.2 Å². The number of anilines is 1. The maximum Gasteiger partial charge on any atom is 0.0643 e. The predicted octanol–water partition coefficient (Wildman–Crippen LogP) is 3.06. The topological polar surface area (TPSA) is 24.5 Å². The Morgan fingerprint density at radius 1 is 1.42 bits per heavy atom. The van der Waals surface area contributed by atoms with E-state index in [0.717, 1.165) is 31.3 Å². The summed E-state index contributed by atoms with van der Waals surface area (Å²) in [5.74, 6) is 0. The smallest absolute Gasteiger partial charge is 0.0643 e. The quantitative estimate of drug-likeness (QED) is 0.742. The molecule has 1 fully saturated rings. The molecule has 0 aromatic heterocycles. The molecular formula is C15H23ClN2O. The lowest BCUT2D eigenvalue weighted by molar-refractivity contribution is 0.199. The van der Waals surface area contributed by atoms with Crippen LogP contribution in [0.1, 0.15) is 25.3 Å². The molecule has 2 rings (SSSR count). The fraction of sp³-hybridized carbons (Fsp3) is 0.600. The van der Waals surface area contributed by atoms with Crippen molar-refractivity contribution in [2.24, 2.45) is 0 Å². The summed E-state index contributed by atoms with van der Waals surface area (Å²) in [6.45, 7) is 5.64. The van der Waals surface area contributed by atoms with Crippen molar-refractivity contribution in [3.05, 3.63) is 28.8 Å². The second-order valence-corrected chi connectivity index (χ2v) is 5.34. The van der Waals surface area contributed by atoms with Crippen LogP contribution < -0.4 is 10.2 Å². The van der Waals surface area contributed by atoms with Gasteiger partial charge in [-0.2, -0.15) is 0 Å². The van der Waals surface area contributed by atoms with Gasteiger partial charge in [-0.15, -0.1) is 0 Å². The van der Waals surface area contributed by atoms with E-state index >= 15 is 0 Å². The molecule has 1 saturated carbocycles. The van der Waals surface area contributed by atoms with Gasteiger partial charge in [0.15, 0.2) is 0 Å². The van der Waals surface area contributed by atoms with Gasteiger partial charge in [-0.1, -0.05) is 23.7 Å². The number of hydrogen-bond acceptors (Lipinski definition) is 3. The molecule has 1 aliphatic rings. The van der Waals surface area contributed by atoms with Crippen molar-refractivity contribution in [1.29, 1.82) is 0 Å². The number of rotatable bonds is 8. The number of benzene rings is 1. The summed E-state index contributed by atoms with van der Waals surface area (Å²) < 4.78 is 5.05. The van der Waals surface area contributed by atoms with E-state index in [1.54, 1.807) is 7.11 Å². The Balaban J connectivity index is 2.10. The van der Waals surface area contributed by atoms with Crippen LogP contribution in [-0.4, -0.2) is 32.8 Å². The van der Waals surface area contributed by atoms with Crippen molar-refractivity contribution in [1.82, 2.24) is 5.32 Å². The molecule has 3 nitrogen and oxygen atoms in total. The minimum absolute atomic E-state index is 0.683. The van der Waals surface area contributed by atoms with E-state index in [1.165, 1.54) is 24.1 Å². The zero-order valence-electron chi connectivity index (χ0n) is 11.8. The highest BCUT2D eigenvalue weighted by molar-refractivity contribution is 6.33. The third kappa shape index (κ3) is 3.85. The fourth-order valence-corrected chi connectivity index (χ4v) is 2.71. The van der Waals surface area contributed by atoms with Gasteiger partial charge in [-0.05, 0) is 31.4 Å². The van der Waals surface area contributed by atoms with Gasteiger partial charge >= 0.3 is 0 Å². The Kier molecular flexibility index (Phi) is 5.49. The van der Waals surface area contributed by atoms with Gasteiger partial charge in [-0.25, -0.2) is 0 Å². The van der Waals surface area contributed by atoms with Crippen LogP contribution >= 0.6 is 11.6 Å². The molecule has 1 N–H and O–H groups in total. The van der Waals surface area contributed by atoms with Gasteiger partial charge in [0.1, 0.15) is 0 Å². The normalized spacial score (nSPS) is 14.7. The molecule has 4 heteroatoms. The molecule has 19 heavy (non-hydrogen) atoms. The van der Waals surface area contributed by atoms with Gasteiger partial charge in [0.05, 0.1) is 17.3 Å². The fourth-order valence-electron chi connectivity index (χ4n) is 2.41. The van der Waals surface area contributed by atoms with E-state index in [-0.39, 0.29) is 0 Å². The first kappa shape index (κ1) is 14.6. The molecule has 0 radical (unpaired) electrons. The van der Waals surface area contributed by atoms with Crippen LogP contribution in [0.5, 0.6) is 0 Å². The highest BCUT2D eigenvalue weighted by Crippen LogP contribution is 2.37. The van der Waals surface area contributed by atoms with E-state index in [4.69, 9.17) is 16.3 Å². The SMILES string of the molecule is CCN(c1c(Cl)cccc1CNCCOC)C1CC1. The Labute approximate surface area is 120 Å². The first-order chi connectivity index (χ1) is 9.27. The average Bonchev–Trinajstić information content (AvgIpc) is 3.23. The first-order valence-corrected chi connectivity index (χ1v) is 7.39. The zero-order chi connectivity index (χ0) is 13.7. The molecule has 1 aromatic rings. The Morgan fingerprint density at radius 3 is 2.84 bits per heavy atom. The molecule has 1 aliphatic carbocycles. The van der Waals surface area contributed by atoms with Crippen molar-refractivity contribution in [2.45, 2.75) is 32.4 Å². The summed E-state index contributed by atoms with van der Waals surface area (Å²) in [6, 6.07) is 6.86.